The fraction of sp³-hybridized carbons (Fsp3) is 0.412. The van der Waals surface area contributed by atoms with E-state index in [4.69, 9.17) is 0 Å². The maximum absolute atomic E-state index is 12.8. The third kappa shape index (κ3) is 4.19. The summed E-state index contributed by atoms with van der Waals surface area (Å²) in [4.78, 5) is 21.5. The Hall–Kier alpha value is -1.93. The van der Waals surface area contributed by atoms with Gasteiger partial charge in [0.25, 0.3) is 5.91 Å². The summed E-state index contributed by atoms with van der Waals surface area (Å²) >= 11 is 1.62. The van der Waals surface area contributed by atoms with Crippen LogP contribution in [-0.2, 0) is 9.84 Å². The second kappa shape index (κ2) is 7.13. The van der Waals surface area contributed by atoms with Gasteiger partial charge in [-0.2, -0.15) is 0 Å². The first-order valence-electron chi connectivity index (χ1n) is 8.11. The number of anilines is 1. The lowest BCUT2D eigenvalue weighted by Gasteiger charge is -2.22. The molecule has 2 heterocycles. The number of thiazole rings is 1. The van der Waals surface area contributed by atoms with E-state index in [0.29, 0.717) is 18.7 Å². The highest BCUT2D eigenvalue weighted by Crippen LogP contribution is 2.22. The number of carbonyl (C=O) groups is 1. The first-order chi connectivity index (χ1) is 11.8. The molecule has 1 saturated heterocycles. The van der Waals surface area contributed by atoms with E-state index in [2.05, 4.69) is 9.88 Å². The van der Waals surface area contributed by atoms with Crippen molar-refractivity contribution < 1.29 is 13.2 Å². The molecule has 0 saturated carbocycles. The van der Waals surface area contributed by atoms with Crippen LogP contribution in [0.2, 0.25) is 0 Å². The SMILES string of the molecule is Cc1csc(N2CCCN(C(=O)c3cccc(S(C)(=O)=O)c3)CC2)n1. The zero-order valence-electron chi connectivity index (χ0n) is 14.3. The van der Waals surface area contributed by atoms with Crippen molar-refractivity contribution in [3.05, 3.63) is 40.9 Å². The third-order valence-electron chi connectivity index (χ3n) is 4.17. The molecule has 0 spiro atoms. The van der Waals surface area contributed by atoms with Crippen LogP contribution >= 0.6 is 11.3 Å². The molecule has 0 atom stereocenters. The predicted octanol–water partition coefficient (Wildman–Crippen LogP) is 2.21. The summed E-state index contributed by atoms with van der Waals surface area (Å²) < 4.78 is 23.4. The van der Waals surface area contributed by atoms with Crippen LogP contribution in [-0.4, -0.2) is 56.6 Å². The Morgan fingerprint density at radius 3 is 2.68 bits per heavy atom. The van der Waals surface area contributed by atoms with Crippen molar-refractivity contribution in [1.82, 2.24) is 9.88 Å². The number of rotatable bonds is 3. The van der Waals surface area contributed by atoms with Crippen LogP contribution in [0.25, 0.3) is 0 Å². The highest BCUT2D eigenvalue weighted by atomic mass is 32.2. The number of amides is 1. The molecule has 6 nitrogen and oxygen atoms in total. The quantitative estimate of drug-likeness (QED) is 0.818. The van der Waals surface area contributed by atoms with E-state index < -0.39 is 9.84 Å². The van der Waals surface area contributed by atoms with Gasteiger partial charge in [-0.05, 0) is 31.5 Å². The molecule has 0 aliphatic carbocycles. The Labute approximate surface area is 152 Å². The van der Waals surface area contributed by atoms with Crippen molar-refractivity contribution in [2.75, 3.05) is 37.3 Å². The number of hydrogen-bond donors (Lipinski definition) is 0. The second-order valence-corrected chi connectivity index (χ2v) is 9.06. The van der Waals surface area contributed by atoms with Crippen LogP contribution in [0.5, 0.6) is 0 Å². The third-order valence-corrected chi connectivity index (χ3v) is 6.30. The summed E-state index contributed by atoms with van der Waals surface area (Å²) in [5.41, 5.74) is 1.43. The standard InChI is InChI=1S/C17H21N3O3S2/c1-13-12-24-17(18-13)20-8-4-7-19(9-10-20)16(21)14-5-3-6-15(11-14)25(2,22)23/h3,5-6,11-12H,4,7-10H2,1-2H3. The molecule has 1 amide bonds. The maximum atomic E-state index is 12.8. The number of carbonyl (C=O) groups excluding carboxylic acids is 1. The Morgan fingerprint density at radius 1 is 1.20 bits per heavy atom. The lowest BCUT2D eigenvalue weighted by molar-refractivity contribution is 0.0767. The Morgan fingerprint density at radius 2 is 2.00 bits per heavy atom. The van der Waals surface area contributed by atoms with E-state index in [1.165, 1.54) is 12.1 Å². The van der Waals surface area contributed by atoms with Gasteiger partial charge in [0.2, 0.25) is 0 Å². The van der Waals surface area contributed by atoms with Gasteiger partial charge in [-0.15, -0.1) is 11.3 Å². The molecule has 3 rings (SSSR count). The molecule has 2 aromatic rings. The number of benzene rings is 1. The highest BCUT2D eigenvalue weighted by Gasteiger charge is 2.22. The topological polar surface area (TPSA) is 70.6 Å². The minimum Gasteiger partial charge on any atom is -0.346 e. The van der Waals surface area contributed by atoms with Gasteiger partial charge >= 0.3 is 0 Å². The zero-order valence-corrected chi connectivity index (χ0v) is 15.9. The van der Waals surface area contributed by atoms with Gasteiger partial charge in [-0.3, -0.25) is 4.79 Å². The van der Waals surface area contributed by atoms with Crippen LogP contribution in [0.1, 0.15) is 22.5 Å². The van der Waals surface area contributed by atoms with Crippen LogP contribution < -0.4 is 4.90 Å². The number of aromatic nitrogens is 1. The maximum Gasteiger partial charge on any atom is 0.253 e. The average Bonchev–Trinajstić information content (AvgIpc) is 2.86. The number of hydrogen-bond acceptors (Lipinski definition) is 6. The Balaban J connectivity index is 1.73. The van der Waals surface area contributed by atoms with E-state index in [1.54, 1.807) is 28.4 Å². The van der Waals surface area contributed by atoms with Crippen molar-refractivity contribution in [3.8, 4) is 0 Å². The molecular weight excluding hydrogens is 358 g/mol. The fourth-order valence-electron chi connectivity index (χ4n) is 2.84. The Bertz CT molecular complexity index is 877. The summed E-state index contributed by atoms with van der Waals surface area (Å²) in [7, 11) is -3.33. The molecular formula is C17H21N3O3S2. The average molecular weight is 380 g/mol. The molecule has 1 aromatic carbocycles. The van der Waals surface area contributed by atoms with Crippen molar-refractivity contribution in [2.45, 2.75) is 18.2 Å². The first kappa shape index (κ1) is 17.9. The second-order valence-electron chi connectivity index (χ2n) is 6.20. The zero-order chi connectivity index (χ0) is 18.0. The van der Waals surface area contributed by atoms with Crippen molar-refractivity contribution in [1.29, 1.82) is 0 Å². The molecule has 1 fully saturated rings. The van der Waals surface area contributed by atoms with E-state index >= 15 is 0 Å². The van der Waals surface area contributed by atoms with Crippen molar-refractivity contribution in [2.24, 2.45) is 0 Å². The number of nitrogens with zero attached hydrogens (tertiary/aromatic N) is 3. The molecule has 1 aliphatic rings. The number of aryl methyl sites for hydroxylation is 1. The largest absolute Gasteiger partial charge is 0.346 e. The normalized spacial score (nSPS) is 15.9. The van der Waals surface area contributed by atoms with Crippen LogP contribution in [0.3, 0.4) is 0 Å². The smallest absolute Gasteiger partial charge is 0.253 e. The van der Waals surface area contributed by atoms with Gasteiger partial charge in [0, 0.05) is 43.4 Å². The van der Waals surface area contributed by atoms with Gasteiger partial charge in [0.15, 0.2) is 15.0 Å². The van der Waals surface area contributed by atoms with Gasteiger partial charge in [0.1, 0.15) is 0 Å². The van der Waals surface area contributed by atoms with Crippen LogP contribution in [0, 0.1) is 6.92 Å². The molecule has 8 heteroatoms. The lowest BCUT2D eigenvalue weighted by Crippen LogP contribution is -2.35. The monoisotopic (exact) mass is 379 g/mol. The lowest BCUT2D eigenvalue weighted by atomic mass is 10.2. The first-order valence-corrected chi connectivity index (χ1v) is 10.9. The van der Waals surface area contributed by atoms with Crippen molar-refractivity contribution >= 4 is 32.2 Å². The molecule has 1 aromatic heterocycles. The van der Waals surface area contributed by atoms with Crippen LogP contribution in [0.15, 0.2) is 34.5 Å². The van der Waals surface area contributed by atoms with Gasteiger partial charge in [0.05, 0.1) is 10.6 Å². The predicted molar refractivity (Wildman–Crippen MR) is 99.1 cm³/mol. The molecule has 134 valence electrons. The molecule has 0 N–H and O–H groups in total. The summed E-state index contributed by atoms with van der Waals surface area (Å²) in [5.74, 6) is -0.123. The van der Waals surface area contributed by atoms with Crippen LogP contribution in [0.4, 0.5) is 5.13 Å². The van der Waals surface area contributed by atoms with E-state index in [0.717, 1.165) is 36.6 Å². The van der Waals surface area contributed by atoms with Gasteiger partial charge in [-0.25, -0.2) is 13.4 Å². The molecule has 1 aliphatic heterocycles. The van der Waals surface area contributed by atoms with E-state index in [1.807, 2.05) is 12.3 Å². The van der Waals surface area contributed by atoms with E-state index in [-0.39, 0.29) is 10.8 Å². The Kier molecular flexibility index (Phi) is 5.10. The summed E-state index contributed by atoms with van der Waals surface area (Å²) in [6.07, 6.45) is 2.01. The fourth-order valence-corrected chi connectivity index (χ4v) is 4.36. The minimum atomic E-state index is -3.33. The van der Waals surface area contributed by atoms with Crippen molar-refractivity contribution in [3.63, 3.8) is 0 Å². The molecule has 25 heavy (non-hydrogen) atoms. The molecule has 0 radical (unpaired) electrons. The summed E-state index contributed by atoms with van der Waals surface area (Å²) in [6.45, 7) is 4.82. The van der Waals surface area contributed by atoms with E-state index in [9.17, 15) is 13.2 Å². The summed E-state index contributed by atoms with van der Waals surface area (Å²) in [5, 5.41) is 3.02. The molecule has 0 unspecified atom stereocenters. The highest BCUT2D eigenvalue weighted by molar-refractivity contribution is 7.90. The van der Waals surface area contributed by atoms with Gasteiger partial charge < -0.3 is 9.80 Å². The summed E-state index contributed by atoms with van der Waals surface area (Å²) in [6, 6.07) is 6.27. The molecule has 0 bridgehead atoms. The number of sulfone groups is 1. The minimum absolute atomic E-state index is 0.123. The van der Waals surface area contributed by atoms with Gasteiger partial charge in [-0.1, -0.05) is 6.07 Å².